The normalized spacial score (nSPS) is 11.0. The van der Waals surface area contributed by atoms with Gasteiger partial charge in [0.2, 0.25) is 0 Å². The Hall–Kier alpha value is -2.27. The minimum absolute atomic E-state index is 0.500. The molecule has 21 heavy (non-hydrogen) atoms. The van der Waals surface area contributed by atoms with Crippen LogP contribution in [0.25, 0.3) is 0 Å². The minimum atomic E-state index is -0.575. The third-order valence-electron chi connectivity index (χ3n) is 2.56. The van der Waals surface area contributed by atoms with Crippen molar-refractivity contribution in [1.29, 1.82) is 0 Å². The van der Waals surface area contributed by atoms with E-state index in [4.69, 9.17) is 4.74 Å². The van der Waals surface area contributed by atoms with Crippen LogP contribution in [0.1, 0.15) is 0 Å². The summed E-state index contributed by atoms with van der Waals surface area (Å²) in [6.45, 7) is 0. The second-order valence-electron chi connectivity index (χ2n) is 4.08. The van der Waals surface area contributed by atoms with Crippen LogP contribution in [0, 0.1) is 0 Å². The van der Waals surface area contributed by atoms with Crippen LogP contribution < -0.4 is 10.1 Å². The zero-order valence-electron chi connectivity index (χ0n) is 11.4. The van der Waals surface area contributed by atoms with Crippen LogP contribution in [-0.2, 0) is 4.79 Å². The molecule has 0 spiro atoms. The number of hydrogen-bond acceptors (Lipinski definition) is 3. The highest BCUT2D eigenvalue weighted by molar-refractivity contribution is 8.02. The molecule has 0 bridgehead atoms. The van der Waals surface area contributed by atoms with E-state index in [2.05, 4.69) is 5.32 Å². The van der Waals surface area contributed by atoms with Crippen molar-refractivity contribution < 1.29 is 13.9 Å². The van der Waals surface area contributed by atoms with Gasteiger partial charge in [-0.15, -0.1) is 0 Å². The van der Waals surface area contributed by atoms with Gasteiger partial charge in [-0.1, -0.05) is 30.0 Å². The number of hydrogen-bond donors (Lipinski definition) is 1. The lowest BCUT2D eigenvalue weighted by molar-refractivity contribution is -0.112. The second-order valence-corrected chi connectivity index (χ2v) is 5.15. The van der Waals surface area contributed by atoms with E-state index in [1.54, 1.807) is 55.6 Å². The first kappa shape index (κ1) is 15.1. The highest BCUT2D eigenvalue weighted by Crippen LogP contribution is 2.28. The van der Waals surface area contributed by atoms with Gasteiger partial charge < -0.3 is 10.1 Å². The lowest BCUT2D eigenvalue weighted by atomic mass is 10.3. The third-order valence-corrected chi connectivity index (χ3v) is 3.38. The van der Waals surface area contributed by atoms with Gasteiger partial charge in [0.25, 0.3) is 5.91 Å². The molecule has 1 N–H and O–H groups in total. The van der Waals surface area contributed by atoms with E-state index in [1.807, 2.05) is 6.07 Å². The monoisotopic (exact) mass is 303 g/mol. The summed E-state index contributed by atoms with van der Waals surface area (Å²) in [5, 5.41) is 2.01. The van der Waals surface area contributed by atoms with Crippen LogP contribution >= 0.6 is 11.8 Å². The van der Waals surface area contributed by atoms with Crippen LogP contribution in [0.5, 0.6) is 5.75 Å². The molecule has 1 amide bonds. The summed E-state index contributed by atoms with van der Waals surface area (Å²) in [7, 11) is 1.57. The number of thioether (sulfide) groups is 1. The number of halogens is 1. The van der Waals surface area contributed by atoms with Gasteiger partial charge in [-0.2, -0.15) is 4.39 Å². The molecule has 0 aliphatic carbocycles. The van der Waals surface area contributed by atoms with Gasteiger partial charge in [0, 0.05) is 16.7 Å². The smallest absolute Gasteiger partial charge is 0.251 e. The Labute approximate surface area is 126 Å². The Morgan fingerprint density at radius 1 is 1.14 bits per heavy atom. The molecule has 5 heteroatoms. The van der Waals surface area contributed by atoms with Crippen molar-refractivity contribution in [2.45, 2.75) is 4.90 Å². The van der Waals surface area contributed by atoms with Crippen molar-refractivity contribution in [2.24, 2.45) is 0 Å². The average Bonchev–Trinajstić information content (AvgIpc) is 2.48. The number of rotatable bonds is 5. The van der Waals surface area contributed by atoms with Crippen LogP contribution in [0.4, 0.5) is 10.1 Å². The van der Waals surface area contributed by atoms with Crippen molar-refractivity contribution >= 4 is 23.4 Å². The fourth-order valence-corrected chi connectivity index (χ4v) is 2.25. The van der Waals surface area contributed by atoms with Crippen molar-refractivity contribution in [3.63, 3.8) is 0 Å². The van der Waals surface area contributed by atoms with Crippen molar-refractivity contribution in [3.8, 4) is 5.75 Å². The molecule has 2 rings (SSSR count). The van der Waals surface area contributed by atoms with Gasteiger partial charge >= 0.3 is 0 Å². The van der Waals surface area contributed by atoms with E-state index in [0.29, 0.717) is 16.3 Å². The summed E-state index contributed by atoms with van der Waals surface area (Å²) in [6, 6.07) is 15.8. The third kappa shape index (κ3) is 4.96. The standard InChI is InChI=1S/C16H14FNO2S/c1-20-13-7-9-14(10-8-13)21-15(17)11-16(19)18-12-5-3-2-4-6-12/h2-11H,1H3,(H,18,19). The predicted molar refractivity (Wildman–Crippen MR) is 83.1 cm³/mol. The Bertz CT molecular complexity index is 626. The van der Waals surface area contributed by atoms with Crippen LogP contribution in [0.15, 0.2) is 70.7 Å². The lowest BCUT2D eigenvalue weighted by Crippen LogP contribution is -2.07. The molecule has 0 aliphatic rings. The number of ether oxygens (including phenoxy) is 1. The summed E-state index contributed by atoms with van der Waals surface area (Å²) >= 11 is 0.880. The van der Waals surface area contributed by atoms with Crippen LogP contribution in [0.3, 0.4) is 0 Å². The molecule has 3 nitrogen and oxygen atoms in total. The molecule has 0 heterocycles. The number of carbonyl (C=O) groups is 1. The molecular formula is C16H14FNO2S. The van der Waals surface area contributed by atoms with E-state index in [-0.39, 0.29) is 0 Å². The summed E-state index contributed by atoms with van der Waals surface area (Å²) < 4.78 is 18.8. The quantitative estimate of drug-likeness (QED) is 0.663. The highest BCUT2D eigenvalue weighted by atomic mass is 32.2. The average molecular weight is 303 g/mol. The Kier molecular flexibility index (Phi) is 5.40. The number of para-hydroxylation sites is 1. The Morgan fingerprint density at radius 2 is 1.81 bits per heavy atom. The molecule has 0 aromatic heterocycles. The number of carbonyl (C=O) groups excluding carboxylic acids is 1. The Morgan fingerprint density at radius 3 is 2.43 bits per heavy atom. The van der Waals surface area contributed by atoms with E-state index in [9.17, 15) is 9.18 Å². The first-order valence-corrected chi connectivity index (χ1v) is 7.04. The molecule has 0 saturated heterocycles. The fraction of sp³-hybridized carbons (Fsp3) is 0.0625. The SMILES string of the molecule is COc1ccc(SC(F)=CC(=O)Nc2ccccc2)cc1. The van der Waals surface area contributed by atoms with Crippen LogP contribution in [0.2, 0.25) is 0 Å². The minimum Gasteiger partial charge on any atom is -0.497 e. The van der Waals surface area contributed by atoms with Gasteiger partial charge in [0.15, 0.2) is 5.16 Å². The molecule has 2 aromatic rings. The zero-order chi connectivity index (χ0) is 15.1. The lowest BCUT2D eigenvalue weighted by Gasteiger charge is -2.03. The van der Waals surface area contributed by atoms with E-state index in [0.717, 1.165) is 17.8 Å². The number of amides is 1. The summed E-state index contributed by atoms with van der Waals surface area (Å²) in [5.74, 6) is 0.199. The fourth-order valence-electron chi connectivity index (χ4n) is 1.59. The predicted octanol–water partition coefficient (Wildman–Crippen LogP) is 4.24. The van der Waals surface area contributed by atoms with Gasteiger partial charge in [-0.25, -0.2) is 0 Å². The van der Waals surface area contributed by atoms with Gasteiger partial charge in [0.05, 0.1) is 7.11 Å². The largest absolute Gasteiger partial charge is 0.497 e. The Balaban J connectivity index is 1.95. The molecule has 2 aromatic carbocycles. The van der Waals surface area contributed by atoms with Crippen molar-refractivity contribution in [1.82, 2.24) is 0 Å². The second kappa shape index (κ2) is 7.50. The van der Waals surface area contributed by atoms with Gasteiger partial charge in [-0.3, -0.25) is 4.79 Å². The van der Waals surface area contributed by atoms with E-state index < -0.39 is 11.1 Å². The summed E-state index contributed by atoms with van der Waals surface area (Å²) in [4.78, 5) is 12.3. The molecule has 0 radical (unpaired) electrons. The van der Waals surface area contributed by atoms with Gasteiger partial charge in [0.1, 0.15) is 5.75 Å². The van der Waals surface area contributed by atoms with Crippen LogP contribution in [-0.4, -0.2) is 13.0 Å². The summed E-state index contributed by atoms with van der Waals surface area (Å²) in [6.07, 6.45) is 0.932. The maximum atomic E-state index is 13.8. The first-order chi connectivity index (χ1) is 10.2. The van der Waals surface area contributed by atoms with Crippen molar-refractivity contribution in [2.75, 3.05) is 12.4 Å². The first-order valence-electron chi connectivity index (χ1n) is 6.22. The maximum Gasteiger partial charge on any atom is 0.251 e. The molecule has 0 aliphatic heterocycles. The molecule has 0 fully saturated rings. The number of anilines is 1. The number of methoxy groups -OCH3 is 1. The topological polar surface area (TPSA) is 38.3 Å². The number of nitrogens with one attached hydrogen (secondary N) is 1. The molecular weight excluding hydrogens is 289 g/mol. The molecule has 0 atom stereocenters. The summed E-state index contributed by atoms with van der Waals surface area (Å²) in [5.41, 5.74) is 0.626. The van der Waals surface area contributed by atoms with E-state index in [1.165, 1.54) is 0 Å². The molecule has 108 valence electrons. The molecule has 0 saturated carbocycles. The number of benzene rings is 2. The van der Waals surface area contributed by atoms with Crippen molar-refractivity contribution in [3.05, 3.63) is 65.8 Å². The molecule has 0 unspecified atom stereocenters. The van der Waals surface area contributed by atoms with E-state index >= 15 is 0 Å². The maximum absolute atomic E-state index is 13.8. The van der Waals surface area contributed by atoms with Gasteiger partial charge in [-0.05, 0) is 36.4 Å². The zero-order valence-corrected chi connectivity index (χ0v) is 12.2. The highest BCUT2D eigenvalue weighted by Gasteiger charge is 2.04.